The lowest BCUT2D eigenvalue weighted by atomic mass is 10.2. The van der Waals surface area contributed by atoms with Gasteiger partial charge in [0.1, 0.15) is 11.4 Å². The zero-order chi connectivity index (χ0) is 17.5. The number of carbonyl (C=O) groups is 1. The van der Waals surface area contributed by atoms with Crippen molar-refractivity contribution in [1.82, 2.24) is 5.32 Å². The highest BCUT2D eigenvalue weighted by molar-refractivity contribution is 9.10. The monoisotopic (exact) mass is 393 g/mol. The summed E-state index contributed by atoms with van der Waals surface area (Å²) in [5.74, 6) is -0.243. The minimum Gasteiger partial charge on any atom is -0.508 e. The third kappa shape index (κ3) is 4.95. The second-order valence-electron chi connectivity index (χ2n) is 5.01. The molecule has 2 rings (SSSR count). The summed E-state index contributed by atoms with van der Waals surface area (Å²) in [7, 11) is 0. The Morgan fingerprint density at radius 2 is 2.00 bits per heavy atom. The molecule has 2 aromatic carbocycles. The molecule has 0 radical (unpaired) electrons. The van der Waals surface area contributed by atoms with E-state index in [1.54, 1.807) is 24.3 Å². The number of hydrogen-bond donors (Lipinski definition) is 3. The van der Waals surface area contributed by atoms with Crippen molar-refractivity contribution in [1.29, 1.82) is 0 Å². The Hall–Kier alpha value is -2.61. The molecule has 7 nitrogen and oxygen atoms in total. The number of amides is 1. The summed E-state index contributed by atoms with van der Waals surface area (Å²) >= 11 is 3.20. The van der Waals surface area contributed by atoms with Crippen molar-refractivity contribution < 1.29 is 14.8 Å². The maximum Gasteiger partial charge on any atom is 0.293 e. The van der Waals surface area contributed by atoms with E-state index in [1.165, 1.54) is 18.2 Å². The van der Waals surface area contributed by atoms with Gasteiger partial charge in [-0.3, -0.25) is 14.9 Å². The van der Waals surface area contributed by atoms with Gasteiger partial charge in [-0.2, -0.15) is 0 Å². The summed E-state index contributed by atoms with van der Waals surface area (Å²) in [5, 5.41) is 26.1. The van der Waals surface area contributed by atoms with Crippen molar-refractivity contribution in [2.75, 3.05) is 18.4 Å². The molecule has 0 saturated heterocycles. The molecule has 0 aliphatic heterocycles. The van der Waals surface area contributed by atoms with Gasteiger partial charge >= 0.3 is 0 Å². The predicted molar refractivity (Wildman–Crippen MR) is 94.3 cm³/mol. The van der Waals surface area contributed by atoms with Crippen LogP contribution in [0.5, 0.6) is 5.75 Å². The van der Waals surface area contributed by atoms with Crippen LogP contribution in [0, 0.1) is 10.1 Å². The fourth-order valence-corrected chi connectivity index (χ4v) is 2.42. The Balaban J connectivity index is 1.79. The average Bonchev–Trinajstić information content (AvgIpc) is 2.55. The molecule has 3 N–H and O–H groups in total. The van der Waals surface area contributed by atoms with Crippen molar-refractivity contribution in [3.05, 3.63) is 62.6 Å². The topological polar surface area (TPSA) is 104 Å². The lowest BCUT2D eigenvalue weighted by molar-refractivity contribution is -0.384. The number of phenolic OH excluding ortho intramolecular Hbond substituents is 1. The van der Waals surface area contributed by atoms with E-state index >= 15 is 0 Å². The van der Waals surface area contributed by atoms with E-state index < -0.39 is 4.92 Å². The molecule has 0 spiro atoms. The number of halogens is 1. The van der Waals surface area contributed by atoms with Crippen LogP contribution in [0.25, 0.3) is 0 Å². The molecule has 0 unspecified atom stereocenters. The van der Waals surface area contributed by atoms with Crippen molar-refractivity contribution in [2.45, 2.75) is 6.42 Å². The van der Waals surface area contributed by atoms with E-state index in [-0.39, 0.29) is 17.3 Å². The van der Waals surface area contributed by atoms with Crippen LogP contribution in [0.4, 0.5) is 11.4 Å². The summed E-state index contributed by atoms with van der Waals surface area (Å²) in [6.07, 6.45) is 0.595. The van der Waals surface area contributed by atoms with Gasteiger partial charge in [-0.05, 0) is 36.8 Å². The molecular formula is C16H16BrN3O4. The minimum absolute atomic E-state index is 0.00632. The predicted octanol–water partition coefficient (Wildman–Crippen LogP) is 3.29. The number of nitro groups is 1. The molecule has 8 heteroatoms. The standard InChI is InChI=1S/C16H16BrN3O4/c17-12-5-6-14(15(10-12)20(23)24)18-7-2-8-19-16(22)11-3-1-4-13(21)9-11/h1,3-6,9-10,18,21H,2,7-8H2,(H,19,22). The Morgan fingerprint density at radius 1 is 1.21 bits per heavy atom. The number of nitro benzene ring substituents is 1. The van der Waals surface area contributed by atoms with Gasteiger partial charge in [-0.1, -0.05) is 22.0 Å². The van der Waals surface area contributed by atoms with Gasteiger partial charge in [0.25, 0.3) is 11.6 Å². The van der Waals surface area contributed by atoms with Crippen LogP contribution >= 0.6 is 15.9 Å². The van der Waals surface area contributed by atoms with Crippen LogP contribution in [0.1, 0.15) is 16.8 Å². The number of anilines is 1. The Kier molecular flexibility index (Phi) is 6.14. The third-order valence-electron chi connectivity index (χ3n) is 3.22. The second kappa shape index (κ2) is 8.30. The molecule has 1 amide bonds. The first-order chi connectivity index (χ1) is 11.5. The van der Waals surface area contributed by atoms with E-state index in [4.69, 9.17) is 0 Å². The van der Waals surface area contributed by atoms with Gasteiger partial charge in [-0.25, -0.2) is 0 Å². The number of phenols is 1. The number of nitrogens with zero attached hydrogens (tertiary/aromatic N) is 1. The molecule has 0 aromatic heterocycles. The number of rotatable bonds is 7. The van der Waals surface area contributed by atoms with Gasteiger partial charge in [0.2, 0.25) is 0 Å². The van der Waals surface area contributed by atoms with Crippen LogP contribution in [0.15, 0.2) is 46.9 Å². The Bertz CT molecular complexity index is 752. The van der Waals surface area contributed by atoms with Crippen molar-refractivity contribution in [2.24, 2.45) is 0 Å². The fourth-order valence-electron chi connectivity index (χ4n) is 2.07. The molecule has 2 aromatic rings. The van der Waals surface area contributed by atoms with E-state index in [9.17, 15) is 20.0 Å². The van der Waals surface area contributed by atoms with E-state index in [1.807, 2.05) is 0 Å². The van der Waals surface area contributed by atoms with Crippen molar-refractivity contribution in [3.63, 3.8) is 0 Å². The number of nitrogens with one attached hydrogen (secondary N) is 2. The fraction of sp³-hybridized carbons (Fsp3) is 0.188. The maximum absolute atomic E-state index is 11.9. The number of hydrogen-bond acceptors (Lipinski definition) is 5. The van der Waals surface area contributed by atoms with Crippen LogP contribution in [0.2, 0.25) is 0 Å². The van der Waals surface area contributed by atoms with Crippen LogP contribution in [-0.2, 0) is 0 Å². The molecule has 0 fully saturated rings. The smallest absolute Gasteiger partial charge is 0.293 e. The molecular weight excluding hydrogens is 378 g/mol. The lowest BCUT2D eigenvalue weighted by Crippen LogP contribution is -2.25. The average molecular weight is 394 g/mol. The zero-order valence-corrected chi connectivity index (χ0v) is 14.2. The first kappa shape index (κ1) is 17.7. The third-order valence-corrected chi connectivity index (χ3v) is 3.71. The highest BCUT2D eigenvalue weighted by atomic mass is 79.9. The quantitative estimate of drug-likeness (QED) is 0.380. The molecule has 0 aliphatic carbocycles. The maximum atomic E-state index is 11.9. The van der Waals surface area contributed by atoms with Gasteiger partial charge in [0.05, 0.1) is 4.92 Å². The number of benzene rings is 2. The molecule has 0 heterocycles. The number of carbonyl (C=O) groups excluding carboxylic acids is 1. The van der Waals surface area contributed by atoms with Gasteiger partial charge in [-0.15, -0.1) is 0 Å². The van der Waals surface area contributed by atoms with Crippen LogP contribution in [0.3, 0.4) is 0 Å². The zero-order valence-electron chi connectivity index (χ0n) is 12.7. The SMILES string of the molecule is O=C(NCCCNc1ccc(Br)cc1[N+](=O)[O-])c1cccc(O)c1. The van der Waals surface area contributed by atoms with E-state index in [0.717, 1.165) is 0 Å². The largest absolute Gasteiger partial charge is 0.508 e. The van der Waals surface area contributed by atoms with Gasteiger partial charge in [0.15, 0.2) is 0 Å². The van der Waals surface area contributed by atoms with E-state index in [2.05, 4.69) is 26.6 Å². The molecule has 0 atom stereocenters. The van der Waals surface area contributed by atoms with E-state index in [0.29, 0.717) is 35.2 Å². The highest BCUT2D eigenvalue weighted by Crippen LogP contribution is 2.27. The summed E-state index contributed by atoms with van der Waals surface area (Å²) in [6, 6.07) is 10.9. The summed E-state index contributed by atoms with van der Waals surface area (Å²) < 4.78 is 0.637. The lowest BCUT2D eigenvalue weighted by Gasteiger charge is -2.08. The van der Waals surface area contributed by atoms with Crippen molar-refractivity contribution in [3.8, 4) is 5.75 Å². The first-order valence-corrected chi connectivity index (χ1v) is 8.01. The van der Waals surface area contributed by atoms with Gasteiger partial charge < -0.3 is 15.7 Å². The molecule has 24 heavy (non-hydrogen) atoms. The van der Waals surface area contributed by atoms with Crippen LogP contribution in [-0.4, -0.2) is 29.0 Å². The normalized spacial score (nSPS) is 10.2. The molecule has 0 bridgehead atoms. The summed E-state index contributed by atoms with van der Waals surface area (Å²) in [4.78, 5) is 22.4. The molecule has 0 aliphatic rings. The summed E-state index contributed by atoms with van der Waals surface area (Å²) in [6.45, 7) is 0.884. The van der Waals surface area contributed by atoms with Crippen molar-refractivity contribution >= 4 is 33.2 Å². The number of aromatic hydroxyl groups is 1. The van der Waals surface area contributed by atoms with Crippen LogP contribution < -0.4 is 10.6 Å². The first-order valence-electron chi connectivity index (χ1n) is 7.22. The Labute approximate surface area is 147 Å². The molecule has 126 valence electrons. The highest BCUT2D eigenvalue weighted by Gasteiger charge is 2.13. The minimum atomic E-state index is -0.448. The Morgan fingerprint density at radius 3 is 2.71 bits per heavy atom. The second-order valence-corrected chi connectivity index (χ2v) is 5.92. The molecule has 0 saturated carbocycles. The van der Waals surface area contributed by atoms with Gasteiger partial charge in [0, 0.05) is 29.2 Å². The summed E-state index contributed by atoms with van der Waals surface area (Å²) in [5.41, 5.74) is 0.808.